The molecule has 3 aromatic rings. The van der Waals surface area contributed by atoms with Gasteiger partial charge in [-0.3, -0.25) is 13.9 Å². The maximum absolute atomic E-state index is 14.2. The zero-order valence-corrected chi connectivity index (χ0v) is 26.0. The van der Waals surface area contributed by atoms with E-state index in [0.29, 0.717) is 12.1 Å². The number of hydrogen-bond acceptors (Lipinski definition) is 4. The van der Waals surface area contributed by atoms with Gasteiger partial charge in [0.05, 0.1) is 10.6 Å². The molecule has 7 nitrogen and oxygen atoms in total. The van der Waals surface area contributed by atoms with Gasteiger partial charge in [0, 0.05) is 12.1 Å². The average Bonchev–Trinajstić information content (AvgIpc) is 2.92. The first-order chi connectivity index (χ1) is 19.2. The lowest BCUT2D eigenvalue weighted by Gasteiger charge is -2.34. The smallest absolute Gasteiger partial charge is 0.264 e. The predicted octanol–water partition coefficient (Wildman–Crippen LogP) is 6.04. The quantitative estimate of drug-likeness (QED) is 0.301. The van der Waals surface area contributed by atoms with Crippen molar-refractivity contribution < 1.29 is 18.0 Å². The van der Waals surface area contributed by atoms with Crippen LogP contribution < -0.4 is 9.62 Å². The summed E-state index contributed by atoms with van der Waals surface area (Å²) in [6.07, 6.45) is 0.369. The molecule has 0 bridgehead atoms. The number of nitrogens with zero attached hydrogens (tertiary/aromatic N) is 2. The third-order valence-corrected chi connectivity index (χ3v) is 8.60. The zero-order valence-electron chi connectivity index (χ0n) is 25.2. The monoisotopic (exact) mass is 577 g/mol. The van der Waals surface area contributed by atoms with E-state index >= 15 is 0 Å². The van der Waals surface area contributed by atoms with Crippen LogP contribution in [0.3, 0.4) is 0 Å². The molecule has 0 saturated heterocycles. The molecule has 0 aromatic heterocycles. The van der Waals surface area contributed by atoms with Gasteiger partial charge in [0.1, 0.15) is 12.6 Å². The van der Waals surface area contributed by atoms with Gasteiger partial charge >= 0.3 is 0 Å². The van der Waals surface area contributed by atoms with Crippen LogP contribution in [0.15, 0.2) is 83.8 Å². The second-order valence-corrected chi connectivity index (χ2v) is 13.6. The first-order valence-electron chi connectivity index (χ1n) is 14.1. The molecule has 0 heterocycles. The standard InChI is InChI=1S/C33H43N3O4S/c1-8-30(32(38)34-33(5,6)7)35(22-26-16-14-25(4)15-17-26)31(37)23-36(28-20-18-27(19-21-28)24(2)3)41(39,40)29-12-10-9-11-13-29/h9-21,24,30H,8,22-23H2,1-7H3,(H,34,38)/t30-/m1/s1. The Bertz CT molecular complexity index is 1410. The normalized spacial score (nSPS) is 12.6. The number of nitrogens with one attached hydrogen (secondary N) is 1. The lowest BCUT2D eigenvalue weighted by Crippen LogP contribution is -2.55. The molecule has 41 heavy (non-hydrogen) atoms. The van der Waals surface area contributed by atoms with Crippen LogP contribution in [0, 0.1) is 6.92 Å². The van der Waals surface area contributed by atoms with Gasteiger partial charge in [0.25, 0.3) is 10.0 Å². The van der Waals surface area contributed by atoms with E-state index in [4.69, 9.17) is 0 Å². The molecule has 220 valence electrons. The van der Waals surface area contributed by atoms with Crippen molar-refractivity contribution in [3.63, 3.8) is 0 Å². The summed E-state index contributed by atoms with van der Waals surface area (Å²) in [5.41, 5.74) is 2.88. The lowest BCUT2D eigenvalue weighted by molar-refractivity contribution is -0.141. The van der Waals surface area contributed by atoms with Gasteiger partial charge in [-0.1, -0.05) is 80.9 Å². The number of rotatable bonds is 11. The second kappa shape index (κ2) is 13.3. The van der Waals surface area contributed by atoms with Gasteiger partial charge in [-0.15, -0.1) is 0 Å². The summed E-state index contributed by atoms with van der Waals surface area (Å²) in [7, 11) is -4.09. The minimum atomic E-state index is -4.09. The Morgan fingerprint density at radius 2 is 1.46 bits per heavy atom. The van der Waals surface area contributed by atoms with Crippen molar-refractivity contribution in [3.05, 3.63) is 95.6 Å². The fourth-order valence-corrected chi connectivity index (χ4v) is 5.97. The molecular formula is C33H43N3O4S. The summed E-state index contributed by atoms with van der Waals surface area (Å²) in [5.74, 6) is -0.477. The van der Waals surface area contributed by atoms with E-state index < -0.39 is 34.1 Å². The van der Waals surface area contributed by atoms with Crippen molar-refractivity contribution in [1.82, 2.24) is 10.2 Å². The van der Waals surface area contributed by atoms with Crippen molar-refractivity contribution in [2.24, 2.45) is 0 Å². The fourth-order valence-electron chi connectivity index (χ4n) is 4.54. The highest BCUT2D eigenvalue weighted by molar-refractivity contribution is 7.92. The summed E-state index contributed by atoms with van der Waals surface area (Å²) in [6.45, 7) is 13.3. The highest BCUT2D eigenvalue weighted by Gasteiger charge is 2.34. The number of carbonyl (C=O) groups is 2. The van der Waals surface area contributed by atoms with Crippen LogP contribution in [0.2, 0.25) is 0 Å². The van der Waals surface area contributed by atoms with Crippen LogP contribution in [0.5, 0.6) is 0 Å². The minimum absolute atomic E-state index is 0.0864. The molecule has 0 aliphatic rings. The Morgan fingerprint density at radius 1 is 0.878 bits per heavy atom. The van der Waals surface area contributed by atoms with Crippen molar-refractivity contribution >= 4 is 27.5 Å². The number of benzene rings is 3. The minimum Gasteiger partial charge on any atom is -0.350 e. The fraction of sp³-hybridized carbons (Fsp3) is 0.394. The maximum atomic E-state index is 14.2. The van der Waals surface area contributed by atoms with Gasteiger partial charge in [-0.2, -0.15) is 0 Å². The lowest BCUT2D eigenvalue weighted by atomic mass is 10.0. The molecule has 3 rings (SSSR count). The van der Waals surface area contributed by atoms with Gasteiger partial charge in [-0.25, -0.2) is 8.42 Å². The second-order valence-electron chi connectivity index (χ2n) is 11.7. The Hall–Kier alpha value is -3.65. The van der Waals surface area contributed by atoms with Gasteiger partial charge < -0.3 is 10.2 Å². The SMILES string of the molecule is CC[C@H](C(=O)NC(C)(C)C)N(Cc1ccc(C)cc1)C(=O)CN(c1ccc(C(C)C)cc1)S(=O)(=O)c1ccccc1. The number of hydrogen-bond donors (Lipinski definition) is 1. The summed E-state index contributed by atoms with van der Waals surface area (Å²) < 4.78 is 29.0. The number of carbonyl (C=O) groups excluding carboxylic acids is 2. The predicted molar refractivity (Wildman–Crippen MR) is 165 cm³/mol. The van der Waals surface area contributed by atoms with Crippen LogP contribution >= 0.6 is 0 Å². The van der Waals surface area contributed by atoms with E-state index in [2.05, 4.69) is 19.2 Å². The third kappa shape index (κ3) is 8.43. The Balaban J connectivity index is 2.07. The molecule has 0 saturated carbocycles. The summed E-state index contributed by atoms with van der Waals surface area (Å²) in [4.78, 5) is 29.2. The molecule has 0 aliphatic carbocycles. The van der Waals surface area contributed by atoms with Gasteiger partial charge in [0.2, 0.25) is 11.8 Å². The molecule has 1 N–H and O–H groups in total. The van der Waals surface area contributed by atoms with Crippen molar-refractivity contribution in [1.29, 1.82) is 0 Å². The third-order valence-electron chi connectivity index (χ3n) is 6.82. The molecule has 0 fully saturated rings. The molecule has 2 amide bonds. The molecule has 0 spiro atoms. The first kappa shape index (κ1) is 31.9. The number of aryl methyl sites for hydroxylation is 1. The van der Waals surface area contributed by atoms with Crippen molar-refractivity contribution in [2.75, 3.05) is 10.8 Å². The van der Waals surface area contributed by atoms with E-state index in [-0.39, 0.29) is 23.3 Å². The summed E-state index contributed by atoms with van der Waals surface area (Å²) >= 11 is 0. The van der Waals surface area contributed by atoms with Crippen LogP contribution in [-0.4, -0.2) is 43.3 Å². The van der Waals surface area contributed by atoms with E-state index in [9.17, 15) is 18.0 Å². The Labute approximate surface area is 245 Å². The first-order valence-corrected chi connectivity index (χ1v) is 15.5. The van der Waals surface area contributed by atoms with Crippen LogP contribution in [0.1, 0.15) is 70.6 Å². The van der Waals surface area contributed by atoms with Crippen LogP contribution in [0.4, 0.5) is 5.69 Å². The number of amides is 2. The molecule has 0 radical (unpaired) electrons. The van der Waals surface area contributed by atoms with E-state index in [1.165, 1.54) is 17.0 Å². The van der Waals surface area contributed by atoms with E-state index in [0.717, 1.165) is 21.0 Å². The summed E-state index contributed by atoms with van der Waals surface area (Å²) in [6, 6.07) is 22.3. The zero-order chi connectivity index (χ0) is 30.4. The molecule has 0 aliphatic heterocycles. The average molecular weight is 578 g/mol. The van der Waals surface area contributed by atoms with Crippen LogP contribution in [-0.2, 0) is 26.2 Å². The Kier molecular flexibility index (Phi) is 10.4. The van der Waals surface area contributed by atoms with E-state index in [1.54, 1.807) is 30.3 Å². The Morgan fingerprint density at radius 3 is 1.98 bits per heavy atom. The van der Waals surface area contributed by atoms with Crippen LogP contribution in [0.25, 0.3) is 0 Å². The topological polar surface area (TPSA) is 86.8 Å². The highest BCUT2D eigenvalue weighted by Crippen LogP contribution is 2.27. The molecule has 0 unspecified atom stereocenters. The molecule has 8 heteroatoms. The molecule has 1 atom stereocenters. The molecular weight excluding hydrogens is 534 g/mol. The van der Waals surface area contributed by atoms with Crippen molar-refractivity contribution in [3.8, 4) is 0 Å². The summed E-state index contributed by atoms with van der Waals surface area (Å²) in [5, 5.41) is 2.99. The highest BCUT2D eigenvalue weighted by atomic mass is 32.2. The maximum Gasteiger partial charge on any atom is 0.264 e. The molecule has 3 aromatic carbocycles. The largest absolute Gasteiger partial charge is 0.350 e. The van der Waals surface area contributed by atoms with Crippen molar-refractivity contribution in [2.45, 2.75) is 83.8 Å². The number of anilines is 1. The van der Waals surface area contributed by atoms with Gasteiger partial charge in [0.15, 0.2) is 0 Å². The van der Waals surface area contributed by atoms with E-state index in [1.807, 2.05) is 71.0 Å². The van der Waals surface area contributed by atoms with Gasteiger partial charge in [-0.05, 0) is 75.4 Å². The number of sulfonamides is 1.